The molecule has 0 spiro atoms. The molecule has 10 nitrogen and oxygen atoms in total. The molecule has 10 heteroatoms. The van der Waals surface area contributed by atoms with E-state index in [1.807, 2.05) is 48.5 Å². The topological polar surface area (TPSA) is 131 Å². The standard InChI is InChI=1S/C33H38N4O6/c1-32(2,3)43-31(40)35-33(4,5)20-29(38)34-26-19-18-24-10-6-8-12-27(24)36(30(26)39)21-22-14-16-23(17-15-22)25-11-7-9-13-28(25)37(41)42/h6-17,26H,18-21H2,1-5H3,(H,34,38)(H,35,40)/t26-/m1/s1. The molecule has 226 valence electrons. The first kappa shape index (κ1) is 31.2. The van der Waals surface area contributed by atoms with Crippen LogP contribution in [0, 0.1) is 10.1 Å². The summed E-state index contributed by atoms with van der Waals surface area (Å²) in [6.45, 7) is 8.99. The van der Waals surface area contributed by atoms with E-state index in [1.165, 1.54) is 6.07 Å². The molecule has 1 heterocycles. The number of amides is 3. The lowest BCUT2D eigenvalue weighted by Crippen LogP contribution is -2.52. The van der Waals surface area contributed by atoms with E-state index in [4.69, 9.17) is 4.74 Å². The Kier molecular flexibility index (Phi) is 9.18. The molecule has 1 aliphatic rings. The molecule has 1 atom stereocenters. The van der Waals surface area contributed by atoms with E-state index in [1.54, 1.807) is 57.7 Å². The van der Waals surface area contributed by atoms with Crippen LogP contribution in [0.2, 0.25) is 0 Å². The first-order valence-corrected chi connectivity index (χ1v) is 14.2. The molecule has 43 heavy (non-hydrogen) atoms. The number of ether oxygens (including phenoxy) is 1. The van der Waals surface area contributed by atoms with Crippen molar-refractivity contribution in [3.05, 3.63) is 94.0 Å². The third-order valence-corrected chi connectivity index (χ3v) is 7.03. The molecule has 0 saturated carbocycles. The summed E-state index contributed by atoms with van der Waals surface area (Å²) in [6.07, 6.45) is 0.356. The molecule has 2 N–H and O–H groups in total. The average molecular weight is 587 g/mol. The van der Waals surface area contributed by atoms with Crippen LogP contribution in [0.1, 0.15) is 58.6 Å². The minimum atomic E-state index is -0.904. The second-order valence-electron chi connectivity index (χ2n) is 12.4. The summed E-state index contributed by atoms with van der Waals surface area (Å²) in [5.74, 6) is -0.599. The maximum atomic E-state index is 13.9. The van der Waals surface area contributed by atoms with Crippen molar-refractivity contribution < 1.29 is 24.0 Å². The van der Waals surface area contributed by atoms with Gasteiger partial charge < -0.3 is 20.3 Å². The van der Waals surface area contributed by atoms with Gasteiger partial charge in [-0.05, 0) is 76.3 Å². The third kappa shape index (κ3) is 8.18. The number of carbonyl (C=O) groups is 3. The molecule has 0 aromatic heterocycles. The van der Waals surface area contributed by atoms with Crippen LogP contribution in [0.5, 0.6) is 0 Å². The van der Waals surface area contributed by atoms with Crippen LogP contribution in [0.3, 0.4) is 0 Å². The number of alkyl carbamates (subject to hydrolysis) is 1. The van der Waals surface area contributed by atoms with Gasteiger partial charge in [-0.2, -0.15) is 0 Å². The molecular weight excluding hydrogens is 548 g/mol. The number of carbonyl (C=O) groups excluding carboxylic acids is 3. The summed E-state index contributed by atoms with van der Waals surface area (Å²) >= 11 is 0. The fourth-order valence-corrected chi connectivity index (χ4v) is 5.13. The molecule has 4 rings (SSSR count). The molecule has 0 saturated heterocycles. The van der Waals surface area contributed by atoms with Crippen molar-refractivity contribution in [3.63, 3.8) is 0 Å². The quantitative estimate of drug-likeness (QED) is 0.249. The van der Waals surface area contributed by atoms with Gasteiger partial charge in [0, 0.05) is 23.7 Å². The number of hydrogen-bond donors (Lipinski definition) is 2. The summed E-state index contributed by atoms with van der Waals surface area (Å²) in [5.41, 5.74) is 2.27. The molecule has 1 aliphatic heterocycles. The highest BCUT2D eigenvalue weighted by molar-refractivity contribution is 6.00. The Bertz CT molecular complexity index is 1510. The van der Waals surface area contributed by atoms with E-state index in [0.29, 0.717) is 24.0 Å². The molecule has 3 amide bonds. The molecule has 3 aromatic rings. The van der Waals surface area contributed by atoms with Crippen LogP contribution >= 0.6 is 0 Å². The lowest BCUT2D eigenvalue weighted by Gasteiger charge is -2.29. The number of fused-ring (bicyclic) bond motifs is 1. The highest BCUT2D eigenvalue weighted by atomic mass is 16.6. The van der Waals surface area contributed by atoms with E-state index in [-0.39, 0.29) is 30.5 Å². The van der Waals surface area contributed by atoms with E-state index < -0.39 is 28.2 Å². The van der Waals surface area contributed by atoms with E-state index in [2.05, 4.69) is 10.6 Å². The Morgan fingerprint density at radius 1 is 0.977 bits per heavy atom. The number of benzene rings is 3. The summed E-state index contributed by atoms with van der Waals surface area (Å²) in [4.78, 5) is 52.1. The van der Waals surface area contributed by atoms with Crippen LogP contribution in [-0.4, -0.2) is 40.0 Å². The van der Waals surface area contributed by atoms with Crippen LogP contribution < -0.4 is 15.5 Å². The van der Waals surface area contributed by atoms with Crippen LogP contribution in [0.25, 0.3) is 11.1 Å². The normalized spacial score (nSPS) is 15.2. The summed E-state index contributed by atoms with van der Waals surface area (Å²) in [6, 6.07) is 20.8. The lowest BCUT2D eigenvalue weighted by molar-refractivity contribution is -0.384. The van der Waals surface area contributed by atoms with Crippen LogP contribution in [-0.2, 0) is 27.3 Å². The van der Waals surface area contributed by atoms with E-state index >= 15 is 0 Å². The van der Waals surface area contributed by atoms with Gasteiger partial charge in [0.15, 0.2) is 0 Å². The Hall–Kier alpha value is -4.73. The molecule has 3 aromatic carbocycles. The van der Waals surface area contributed by atoms with Crippen molar-refractivity contribution in [3.8, 4) is 11.1 Å². The van der Waals surface area contributed by atoms with Crippen LogP contribution in [0.4, 0.5) is 16.2 Å². The summed E-state index contributed by atoms with van der Waals surface area (Å²) in [5, 5.41) is 17.1. The summed E-state index contributed by atoms with van der Waals surface area (Å²) in [7, 11) is 0. The molecule has 0 aliphatic carbocycles. The van der Waals surface area contributed by atoms with Gasteiger partial charge in [0.2, 0.25) is 11.8 Å². The van der Waals surface area contributed by atoms with Crippen molar-refractivity contribution in [2.75, 3.05) is 4.90 Å². The highest BCUT2D eigenvalue weighted by Crippen LogP contribution is 2.32. The average Bonchev–Trinajstić information content (AvgIpc) is 3.04. The number of nitrogens with one attached hydrogen (secondary N) is 2. The largest absolute Gasteiger partial charge is 0.444 e. The fraction of sp³-hybridized carbons (Fsp3) is 0.364. The van der Waals surface area contributed by atoms with Gasteiger partial charge in [-0.1, -0.05) is 54.6 Å². The Labute approximate surface area is 251 Å². The zero-order chi connectivity index (χ0) is 31.4. The predicted molar refractivity (Wildman–Crippen MR) is 164 cm³/mol. The molecule has 0 unspecified atom stereocenters. The summed E-state index contributed by atoms with van der Waals surface area (Å²) < 4.78 is 5.32. The van der Waals surface area contributed by atoms with Gasteiger partial charge in [-0.15, -0.1) is 0 Å². The number of para-hydroxylation sites is 2. The van der Waals surface area contributed by atoms with Crippen LogP contribution in [0.15, 0.2) is 72.8 Å². The Balaban J connectivity index is 1.50. The second-order valence-corrected chi connectivity index (χ2v) is 12.4. The Morgan fingerprint density at radius 2 is 1.63 bits per heavy atom. The van der Waals surface area contributed by atoms with Gasteiger partial charge in [-0.3, -0.25) is 19.7 Å². The van der Waals surface area contributed by atoms with Gasteiger partial charge in [-0.25, -0.2) is 4.79 Å². The zero-order valence-electron chi connectivity index (χ0n) is 25.2. The van der Waals surface area contributed by atoms with E-state index in [0.717, 1.165) is 16.8 Å². The monoisotopic (exact) mass is 586 g/mol. The van der Waals surface area contributed by atoms with Crippen molar-refractivity contribution >= 4 is 29.3 Å². The molecule has 0 bridgehead atoms. The van der Waals surface area contributed by atoms with Crippen molar-refractivity contribution in [2.45, 2.75) is 77.6 Å². The van der Waals surface area contributed by atoms with Gasteiger partial charge >= 0.3 is 6.09 Å². The lowest BCUT2D eigenvalue weighted by atomic mass is 9.99. The predicted octanol–water partition coefficient (Wildman–Crippen LogP) is 5.92. The van der Waals surface area contributed by atoms with Gasteiger partial charge in [0.25, 0.3) is 5.69 Å². The highest BCUT2D eigenvalue weighted by Gasteiger charge is 2.33. The fourth-order valence-electron chi connectivity index (χ4n) is 5.13. The van der Waals surface area contributed by atoms with Gasteiger partial charge in [0.05, 0.1) is 17.0 Å². The second kappa shape index (κ2) is 12.6. The number of nitro groups is 1. The molecular formula is C33H38N4O6. The maximum absolute atomic E-state index is 13.9. The SMILES string of the molecule is CC(C)(CC(=O)N[C@@H]1CCc2ccccc2N(Cc2ccc(-c3ccccc3[N+](=O)[O-])cc2)C1=O)NC(=O)OC(C)(C)C. The van der Waals surface area contributed by atoms with Gasteiger partial charge in [0.1, 0.15) is 11.6 Å². The molecule has 0 fully saturated rings. The van der Waals surface area contributed by atoms with Crippen molar-refractivity contribution in [1.29, 1.82) is 0 Å². The third-order valence-electron chi connectivity index (χ3n) is 7.03. The minimum absolute atomic E-state index is 0.0231. The number of anilines is 1. The Morgan fingerprint density at radius 3 is 2.30 bits per heavy atom. The van der Waals surface area contributed by atoms with Crippen molar-refractivity contribution in [2.24, 2.45) is 0 Å². The first-order chi connectivity index (χ1) is 20.2. The number of nitrogens with zero attached hydrogens (tertiary/aromatic N) is 2. The van der Waals surface area contributed by atoms with Crippen molar-refractivity contribution in [1.82, 2.24) is 10.6 Å². The minimum Gasteiger partial charge on any atom is -0.444 e. The number of hydrogen-bond acceptors (Lipinski definition) is 6. The number of rotatable bonds is 8. The first-order valence-electron chi connectivity index (χ1n) is 14.2. The zero-order valence-corrected chi connectivity index (χ0v) is 25.2. The molecule has 0 radical (unpaired) electrons. The smallest absolute Gasteiger partial charge is 0.408 e. The number of nitro benzene ring substituents is 1. The maximum Gasteiger partial charge on any atom is 0.408 e. The van der Waals surface area contributed by atoms with E-state index in [9.17, 15) is 24.5 Å². The number of aryl methyl sites for hydroxylation is 1.